The van der Waals surface area contributed by atoms with E-state index in [4.69, 9.17) is 4.74 Å². The normalized spacial score (nSPS) is 11.0. The van der Waals surface area contributed by atoms with E-state index in [1.165, 1.54) is 7.05 Å². The molecule has 88 valence electrons. The molecule has 4 heteroatoms. The van der Waals surface area contributed by atoms with Crippen LogP contribution in [0, 0.1) is 0 Å². The molecule has 0 atom stereocenters. The van der Waals surface area contributed by atoms with Crippen LogP contribution in [-0.4, -0.2) is 33.8 Å². The monoisotopic (exact) mass is 223 g/mol. The second kappa shape index (κ2) is 4.99. The molecule has 0 aliphatic carbocycles. The number of amides is 1. The van der Waals surface area contributed by atoms with Crippen molar-refractivity contribution < 1.29 is 9.53 Å². The Bertz CT molecular complexity index is 375. The molecule has 0 aliphatic rings. The maximum absolute atomic E-state index is 11.1. The molecular weight excluding hydrogens is 204 g/mol. The fourth-order valence-electron chi connectivity index (χ4n) is 1.26. The van der Waals surface area contributed by atoms with E-state index in [0.717, 1.165) is 16.7 Å². The molecule has 4 nitrogen and oxygen atoms in total. The molecular formula is C12H19N2O2+. The van der Waals surface area contributed by atoms with E-state index in [1.54, 1.807) is 6.07 Å². The van der Waals surface area contributed by atoms with Gasteiger partial charge in [0.1, 0.15) is 11.4 Å². The van der Waals surface area contributed by atoms with Crippen LogP contribution in [0.1, 0.15) is 6.92 Å². The molecule has 0 bridgehead atoms. The number of carbonyl (C=O) groups is 1. The van der Waals surface area contributed by atoms with Gasteiger partial charge in [0.05, 0.1) is 20.6 Å². The van der Waals surface area contributed by atoms with Crippen molar-refractivity contribution in [3.8, 4) is 5.75 Å². The fourth-order valence-corrected chi connectivity index (χ4v) is 1.26. The van der Waals surface area contributed by atoms with Crippen molar-refractivity contribution >= 4 is 11.8 Å². The van der Waals surface area contributed by atoms with Crippen LogP contribution in [0.4, 0.5) is 10.5 Å². The Kier molecular flexibility index (Phi) is 3.90. The van der Waals surface area contributed by atoms with Crippen LogP contribution in [0.25, 0.3) is 0 Å². The Balaban J connectivity index is 2.91. The molecule has 1 aromatic carbocycles. The van der Waals surface area contributed by atoms with Crippen LogP contribution < -0.4 is 14.5 Å². The number of carbonyl (C=O) groups excluding carboxylic acids is 1. The summed E-state index contributed by atoms with van der Waals surface area (Å²) in [7, 11) is 5.76. The van der Waals surface area contributed by atoms with Crippen LogP contribution in [0.15, 0.2) is 24.3 Å². The van der Waals surface area contributed by atoms with Gasteiger partial charge in [-0.1, -0.05) is 6.07 Å². The van der Waals surface area contributed by atoms with Gasteiger partial charge in [0, 0.05) is 13.1 Å². The number of hydrogen-bond acceptors (Lipinski definition) is 2. The molecule has 1 rings (SSSR count). The van der Waals surface area contributed by atoms with Crippen LogP contribution in [-0.2, 0) is 0 Å². The zero-order chi connectivity index (χ0) is 12.2. The molecule has 0 heterocycles. The molecule has 0 radical (unpaired) electrons. The van der Waals surface area contributed by atoms with Crippen molar-refractivity contribution in [1.29, 1.82) is 0 Å². The topological polar surface area (TPSA) is 38.3 Å². The van der Waals surface area contributed by atoms with Crippen molar-refractivity contribution in [3.63, 3.8) is 0 Å². The third-order valence-corrected chi connectivity index (χ3v) is 2.72. The summed E-state index contributed by atoms with van der Waals surface area (Å²) < 4.78 is 5.84. The number of benzene rings is 1. The average molecular weight is 223 g/mol. The van der Waals surface area contributed by atoms with Gasteiger partial charge in [-0.25, -0.2) is 4.79 Å². The second-order valence-corrected chi connectivity index (χ2v) is 4.14. The number of quaternary nitrogens is 1. The van der Waals surface area contributed by atoms with Crippen molar-refractivity contribution in [2.75, 3.05) is 27.7 Å². The summed E-state index contributed by atoms with van der Waals surface area (Å²) in [5.74, 6) is 0.566. The Labute approximate surface area is 96.4 Å². The lowest BCUT2D eigenvalue weighted by atomic mass is 10.2. The molecule has 0 unspecified atom stereocenters. The number of rotatable bonds is 3. The smallest absolute Gasteiger partial charge is 0.410 e. The van der Waals surface area contributed by atoms with Gasteiger partial charge in [-0.3, -0.25) is 4.48 Å². The maximum Gasteiger partial charge on any atom is 0.412 e. The van der Waals surface area contributed by atoms with Crippen LogP contribution in [0.5, 0.6) is 5.75 Å². The summed E-state index contributed by atoms with van der Waals surface area (Å²) >= 11 is 0. The summed E-state index contributed by atoms with van der Waals surface area (Å²) in [6.07, 6.45) is -0.445. The van der Waals surface area contributed by atoms with Gasteiger partial charge >= 0.3 is 6.09 Å². The van der Waals surface area contributed by atoms with Gasteiger partial charge in [-0.05, 0) is 19.1 Å². The Hall–Kier alpha value is -1.55. The fraction of sp³-hybridized carbons (Fsp3) is 0.417. The first-order valence-corrected chi connectivity index (χ1v) is 5.33. The lowest BCUT2D eigenvalue weighted by molar-refractivity contribution is 0.203. The highest BCUT2D eigenvalue weighted by molar-refractivity contribution is 5.70. The SMILES string of the molecule is CC[N+](C)(C)c1cccc(OC(=O)NC)c1. The summed E-state index contributed by atoms with van der Waals surface area (Å²) in [6.45, 7) is 3.09. The lowest BCUT2D eigenvalue weighted by Crippen LogP contribution is -2.39. The predicted molar refractivity (Wildman–Crippen MR) is 65.7 cm³/mol. The molecule has 0 saturated heterocycles. The second-order valence-electron chi connectivity index (χ2n) is 4.14. The van der Waals surface area contributed by atoms with Crippen molar-refractivity contribution in [1.82, 2.24) is 9.80 Å². The molecule has 1 aromatic rings. The van der Waals surface area contributed by atoms with Gasteiger partial charge in [0.15, 0.2) is 0 Å². The molecule has 0 aliphatic heterocycles. The average Bonchev–Trinajstić information content (AvgIpc) is 2.29. The summed E-state index contributed by atoms with van der Waals surface area (Å²) in [4.78, 5) is 11.1. The van der Waals surface area contributed by atoms with Gasteiger partial charge < -0.3 is 10.1 Å². The first kappa shape index (κ1) is 12.5. The van der Waals surface area contributed by atoms with Gasteiger partial charge in [0.25, 0.3) is 0 Å². The molecule has 0 fully saturated rings. The highest BCUT2D eigenvalue weighted by atomic mass is 16.5. The minimum Gasteiger partial charge on any atom is -0.410 e. The van der Waals surface area contributed by atoms with Crippen molar-refractivity contribution in [3.05, 3.63) is 24.3 Å². The van der Waals surface area contributed by atoms with E-state index >= 15 is 0 Å². The van der Waals surface area contributed by atoms with Gasteiger partial charge in [-0.2, -0.15) is 0 Å². The number of nitrogens with one attached hydrogen (secondary N) is 1. The predicted octanol–water partition coefficient (Wildman–Crippen LogP) is 1.99. The molecule has 1 amide bonds. The first-order chi connectivity index (χ1) is 7.49. The Morgan fingerprint density at radius 3 is 2.69 bits per heavy atom. The van der Waals surface area contributed by atoms with Gasteiger partial charge in [0.2, 0.25) is 0 Å². The third-order valence-electron chi connectivity index (χ3n) is 2.72. The van der Waals surface area contributed by atoms with Crippen molar-refractivity contribution in [2.45, 2.75) is 6.92 Å². The summed E-state index contributed by atoms with van der Waals surface area (Å²) in [6, 6.07) is 7.58. The summed E-state index contributed by atoms with van der Waals surface area (Å²) in [5.41, 5.74) is 1.11. The lowest BCUT2D eigenvalue weighted by Gasteiger charge is -2.27. The van der Waals surface area contributed by atoms with E-state index in [1.807, 2.05) is 18.2 Å². The molecule has 1 N–H and O–H groups in total. The molecule has 16 heavy (non-hydrogen) atoms. The third kappa shape index (κ3) is 2.97. The van der Waals surface area contributed by atoms with Crippen molar-refractivity contribution in [2.24, 2.45) is 0 Å². The minimum absolute atomic E-state index is 0.445. The molecule has 0 saturated carbocycles. The number of nitrogens with zero attached hydrogens (tertiary/aromatic N) is 1. The van der Waals surface area contributed by atoms with E-state index < -0.39 is 6.09 Å². The first-order valence-electron chi connectivity index (χ1n) is 5.33. The zero-order valence-corrected chi connectivity index (χ0v) is 10.3. The molecule has 0 spiro atoms. The Morgan fingerprint density at radius 2 is 2.12 bits per heavy atom. The van der Waals surface area contributed by atoms with Crippen LogP contribution >= 0.6 is 0 Å². The summed E-state index contributed by atoms with van der Waals surface area (Å²) in [5, 5.41) is 2.42. The number of ether oxygens (including phenoxy) is 1. The van der Waals surface area contributed by atoms with E-state index in [9.17, 15) is 4.79 Å². The quantitative estimate of drug-likeness (QED) is 0.796. The standard InChI is InChI=1S/C12H18N2O2/c1-5-14(3,4)10-7-6-8-11(9-10)16-12(15)13-2/h6-9H,5H2,1-4H3/p+1. The minimum atomic E-state index is -0.445. The van der Waals surface area contributed by atoms with E-state index in [0.29, 0.717) is 5.75 Å². The van der Waals surface area contributed by atoms with Crippen LogP contribution in [0.2, 0.25) is 0 Å². The zero-order valence-electron chi connectivity index (χ0n) is 10.3. The largest absolute Gasteiger partial charge is 0.412 e. The highest BCUT2D eigenvalue weighted by Gasteiger charge is 2.17. The van der Waals surface area contributed by atoms with Crippen LogP contribution in [0.3, 0.4) is 0 Å². The Morgan fingerprint density at radius 1 is 1.44 bits per heavy atom. The number of hydrogen-bond donors (Lipinski definition) is 1. The molecule has 0 aromatic heterocycles. The van der Waals surface area contributed by atoms with E-state index in [2.05, 4.69) is 26.3 Å². The maximum atomic E-state index is 11.1. The highest BCUT2D eigenvalue weighted by Crippen LogP contribution is 2.23. The van der Waals surface area contributed by atoms with Gasteiger partial charge in [-0.15, -0.1) is 0 Å². The van der Waals surface area contributed by atoms with E-state index in [-0.39, 0.29) is 0 Å².